The molecule has 0 radical (unpaired) electrons. The van der Waals surface area contributed by atoms with Crippen molar-refractivity contribution in [2.75, 3.05) is 26.2 Å². The Hall–Kier alpha value is 0.332. The van der Waals surface area contributed by atoms with Crippen LogP contribution in [0.4, 0.5) is 0 Å². The van der Waals surface area contributed by atoms with Crippen molar-refractivity contribution in [2.45, 2.75) is 19.9 Å². The van der Waals surface area contributed by atoms with Crippen LogP contribution >= 0.6 is 0 Å². The molecule has 2 aromatic heterocycles. The molecule has 0 saturated carbocycles. The van der Waals surface area contributed by atoms with Crippen LogP contribution < -0.4 is 79.8 Å². The molecule has 3 rings (SSSR count). The first-order chi connectivity index (χ1) is 9.76. The van der Waals surface area contributed by atoms with Crippen molar-refractivity contribution < 1.29 is 68.9 Å². The number of piperazine rings is 1. The van der Waals surface area contributed by atoms with Gasteiger partial charge in [0.05, 0.1) is 11.0 Å². The van der Waals surface area contributed by atoms with Gasteiger partial charge in [0, 0.05) is 44.5 Å². The van der Waals surface area contributed by atoms with E-state index in [-0.39, 0.29) is 81.9 Å². The third-order valence-electron chi connectivity index (χ3n) is 3.82. The third kappa shape index (κ3) is 4.91. The zero-order valence-corrected chi connectivity index (χ0v) is 20.1. The summed E-state index contributed by atoms with van der Waals surface area (Å²) in [7, 11) is 0. The van der Waals surface area contributed by atoms with Crippen LogP contribution in [0.25, 0.3) is 11.0 Å². The Labute approximate surface area is 190 Å². The van der Waals surface area contributed by atoms with Gasteiger partial charge >= 0.3 is 68.9 Å². The maximum atomic E-state index is 11.9. The van der Waals surface area contributed by atoms with Crippen molar-refractivity contribution in [3.05, 3.63) is 47.2 Å². The molecule has 0 aromatic carbocycles. The van der Waals surface area contributed by atoms with E-state index in [1.165, 1.54) is 0 Å². The van der Waals surface area contributed by atoms with Crippen molar-refractivity contribution in [3.63, 3.8) is 0 Å². The third-order valence-corrected chi connectivity index (χ3v) is 3.82. The number of H-pyrrole nitrogens is 1. The van der Waals surface area contributed by atoms with Crippen molar-refractivity contribution in [1.29, 1.82) is 0 Å². The Kier molecular flexibility index (Phi) is 8.88. The molecule has 2 aromatic rings. The number of nitrogens with zero attached hydrogens (tertiary/aromatic N) is 2. The Morgan fingerprint density at radius 1 is 1.27 bits per heavy atom. The van der Waals surface area contributed by atoms with Gasteiger partial charge < -0.3 is 17.7 Å². The van der Waals surface area contributed by atoms with Gasteiger partial charge in [-0.1, -0.05) is 6.92 Å². The van der Waals surface area contributed by atoms with Gasteiger partial charge in [0.1, 0.15) is 0 Å². The minimum Gasteiger partial charge on any atom is -0.358 e. The van der Waals surface area contributed by atoms with E-state index < -0.39 is 0 Å². The number of aryl methyl sites for hydroxylation is 1. The van der Waals surface area contributed by atoms with E-state index in [4.69, 9.17) is 0 Å². The van der Waals surface area contributed by atoms with Crippen LogP contribution in [0.15, 0.2) is 23.1 Å². The van der Waals surface area contributed by atoms with Gasteiger partial charge in [-0.2, -0.15) is 0 Å². The Morgan fingerprint density at radius 3 is 2.68 bits per heavy atom. The summed E-state index contributed by atoms with van der Waals surface area (Å²) in [5.41, 5.74) is 3.64. The van der Waals surface area contributed by atoms with Crippen molar-refractivity contribution in [1.82, 2.24) is 20.2 Å². The molecule has 3 heterocycles. The van der Waals surface area contributed by atoms with Crippen LogP contribution in [0.3, 0.4) is 0 Å². The van der Waals surface area contributed by atoms with Gasteiger partial charge in [-0.25, -0.2) is 0 Å². The first kappa shape index (κ1) is 20.4. The van der Waals surface area contributed by atoms with Gasteiger partial charge in [-0.3, -0.25) is 14.7 Å². The zero-order valence-electron chi connectivity index (χ0n) is 13.8. The minimum atomic E-state index is 0. The number of fused-ring (bicyclic) bond motifs is 1. The van der Waals surface area contributed by atoms with Crippen LogP contribution in [0.2, 0.25) is 0 Å². The summed E-state index contributed by atoms with van der Waals surface area (Å²) in [6, 6.07) is 3.94. The van der Waals surface area contributed by atoms with Crippen molar-refractivity contribution in [2.24, 2.45) is 0 Å². The van der Waals surface area contributed by atoms with Gasteiger partial charge in [-0.05, 0) is 24.1 Å². The molecule has 0 atom stereocenters. The van der Waals surface area contributed by atoms with E-state index >= 15 is 0 Å². The molecule has 1 saturated heterocycles. The minimum absolute atomic E-state index is 0. The van der Waals surface area contributed by atoms with E-state index in [1.807, 2.05) is 25.3 Å². The molecule has 6 heteroatoms. The van der Waals surface area contributed by atoms with Crippen LogP contribution in [0.1, 0.15) is 18.1 Å². The normalized spacial score (nSPS) is 15.1. The summed E-state index contributed by atoms with van der Waals surface area (Å²) in [5, 5.41) is 3.35. The molecule has 2 N–H and O–H groups in total. The SMILES string of the molecule is CCc1cc2ncc(CN3CCNCC3)cc2[nH]c1=O.[CH3-].[Cs+]. The van der Waals surface area contributed by atoms with E-state index in [9.17, 15) is 4.79 Å². The fourth-order valence-corrected chi connectivity index (χ4v) is 2.64. The Bertz CT molecular complexity index is 665. The van der Waals surface area contributed by atoms with Crippen LogP contribution in [0.5, 0.6) is 0 Å². The maximum absolute atomic E-state index is 11.9. The van der Waals surface area contributed by atoms with Crippen molar-refractivity contribution >= 4 is 11.0 Å². The summed E-state index contributed by atoms with van der Waals surface area (Å²) < 4.78 is 0. The predicted octanol–water partition coefficient (Wildman–Crippen LogP) is -1.66. The second-order valence-electron chi connectivity index (χ2n) is 5.28. The van der Waals surface area contributed by atoms with E-state index in [2.05, 4.69) is 20.2 Å². The van der Waals surface area contributed by atoms with Crippen LogP contribution in [-0.2, 0) is 13.0 Å². The first-order valence-electron chi connectivity index (χ1n) is 7.20. The van der Waals surface area contributed by atoms with E-state index in [0.29, 0.717) is 0 Å². The molecule has 22 heavy (non-hydrogen) atoms. The smallest absolute Gasteiger partial charge is 0.358 e. The molecule has 0 unspecified atom stereocenters. The summed E-state index contributed by atoms with van der Waals surface area (Å²) in [5.74, 6) is 0. The van der Waals surface area contributed by atoms with Gasteiger partial charge in [0.15, 0.2) is 0 Å². The first-order valence-corrected chi connectivity index (χ1v) is 7.20. The number of pyridine rings is 2. The molecule has 5 nitrogen and oxygen atoms in total. The average Bonchev–Trinajstić information content (AvgIpc) is 2.47. The molecule has 1 aliphatic rings. The molecule has 114 valence electrons. The summed E-state index contributed by atoms with van der Waals surface area (Å²) in [6.45, 7) is 7.07. The topological polar surface area (TPSA) is 61.0 Å². The monoisotopic (exact) mass is 420 g/mol. The number of hydrogen-bond acceptors (Lipinski definition) is 4. The second kappa shape index (κ2) is 9.58. The molecular formula is C16H23CsN4O. The average molecular weight is 420 g/mol. The maximum Gasteiger partial charge on any atom is 1.00 e. The summed E-state index contributed by atoms with van der Waals surface area (Å²) >= 11 is 0. The zero-order chi connectivity index (χ0) is 13.9. The molecular weight excluding hydrogens is 397 g/mol. The quantitative estimate of drug-likeness (QED) is 0.585. The molecule has 0 amide bonds. The van der Waals surface area contributed by atoms with E-state index in [0.717, 1.165) is 61.3 Å². The van der Waals surface area contributed by atoms with Gasteiger partial charge in [-0.15, -0.1) is 0 Å². The fourth-order valence-electron chi connectivity index (χ4n) is 2.64. The Balaban J connectivity index is 0.00000121. The predicted molar refractivity (Wildman–Crippen MR) is 86.3 cm³/mol. The van der Waals surface area contributed by atoms with Crippen LogP contribution in [-0.4, -0.2) is 41.0 Å². The fraction of sp³-hybridized carbons (Fsp3) is 0.438. The largest absolute Gasteiger partial charge is 1.00 e. The van der Waals surface area contributed by atoms with E-state index in [1.54, 1.807) is 0 Å². The summed E-state index contributed by atoms with van der Waals surface area (Å²) in [4.78, 5) is 21.7. The second-order valence-corrected chi connectivity index (χ2v) is 5.28. The van der Waals surface area contributed by atoms with Crippen LogP contribution in [0, 0.1) is 7.43 Å². The molecule has 1 aliphatic heterocycles. The molecule has 0 bridgehead atoms. The molecule has 1 fully saturated rings. The number of hydrogen-bond donors (Lipinski definition) is 2. The summed E-state index contributed by atoms with van der Waals surface area (Å²) in [6.07, 6.45) is 2.65. The standard InChI is InChI=1S/C15H20N4O.CH3.Cs/c1-2-12-8-13-14(18-15(12)20)7-11(9-17-13)10-19-5-3-16-4-6-19;;/h7-9,16H,2-6,10H2,1H3,(H,18,20);1H3;/q;-1;+1. The number of nitrogens with one attached hydrogen (secondary N) is 2. The number of aromatic amines is 1. The molecule has 0 aliphatic carbocycles. The molecule has 0 spiro atoms. The number of rotatable bonds is 3. The Morgan fingerprint density at radius 2 is 2.00 bits per heavy atom. The van der Waals surface area contributed by atoms with Gasteiger partial charge in [0.25, 0.3) is 5.56 Å². The van der Waals surface area contributed by atoms with Gasteiger partial charge in [0.2, 0.25) is 0 Å². The van der Waals surface area contributed by atoms with Crippen molar-refractivity contribution in [3.8, 4) is 0 Å². The number of aromatic nitrogens is 2.